The van der Waals surface area contributed by atoms with Crippen LogP contribution in [0.2, 0.25) is 0 Å². The molecule has 0 spiro atoms. The number of carbonyl (C=O) groups excluding carboxylic acids is 1. The van der Waals surface area contributed by atoms with Crippen molar-refractivity contribution in [3.8, 4) is 28.7 Å². The van der Waals surface area contributed by atoms with Gasteiger partial charge in [-0.1, -0.05) is 0 Å². The SMILES string of the molecule is COc1ccc(-n2cc(C(=O)O)c3c2[C@@H](c2cc(OC)ccc2OC)CC(=O)N3)c(OC)c1. The molecule has 0 fully saturated rings. The Kier molecular flexibility index (Phi) is 5.87. The summed E-state index contributed by atoms with van der Waals surface area (Å²) < 4.78 is 23.6. The molecule has 0 bridgehead atoms. The summed E-state index contributed by atoms with van der Waals surface area (Å²) in [7, 11) is 6.17. The molecule has 2 aromatic carbocycles. The van der Waals surface area contributed by atoms with Gasteiger partial charge in [-0.25, -0.2) is 4.79 Å². The monoisotopic (exact) mass is 452 g/mol. The van der Waals surface area contributed by atoms with Crippen LogP contribution in [-0.2, 0) is 4.79 Å². The normalized spacial score (nSPS) is 14.8. The number of benzene rings is 2. The van der Waals surface area contributed by atoms with Crippen molar-refractivity contribution in [2.45, 2.75) is 12.3 Å². The van der Waals surface area contributed by atoms with E-state index in [1.807, 2.05) is 0 Å². The number of nitrogens with zero attached hydrogens (tertiary/aromatic N) is 1. The number of carbonyl (C=O) groups is 2. The minimum absolute atomic E-state index is 0.0252. The Balaban J connectivity index is 2.02. The topological polar surface area (TPSA) is 108 Å². The van der Waals surface area contributed by atoms with Gasteiger partial charge in [0.05, 0.1) is 45.5 Å². The summed E-state index contributed by atoms with van der Waals surface area (Å²) in [5.41, 5.74) is 2.12. The smallest absolute Gasteiger partial charge is 0.339 e. The molecule has 1 aliphatic rings. The van der Waals surface area contributed by atoms with Crippen LogP contribution in [0.3, 0.4) is 0 Å². The van der Waals surface area contributed by atoms with E-state index >= 15 is 0 Å². The van der Waals surface area contributed by atoms with E-state index in [0.717, 1.165) is 0 Å². The van der Waals surface area contributed by atoms with E-state index in [2.05, 4.69) is 5.32 Å². The zero-order chi connectivity index (χ0) is 23.7. The summed E-state index contributed by atoms with van der Waals surface area (Å²) in [5, 5.41) is 12.6. The van der Waals surface area contributed by atoms with E-state index in [1.54, 1.807) is 62.3 Å². The Morgan fingerprint density at radius 1 is 0.970 bits per heavy atom. The Hall–Kier alpha value is -4.14. The van der Waals surface area contributed by atoms with Gasteiger partial charge in [-0.3, -0.25) is 4.79 Å². The molecule has 0 aliphatic carbocycles. The number of rotatable bonds is 7. The van der Waals surface area contributed by atoms with Crippen molar-refractivity contribution in [2.75, 3.05) is 33.8 Å². The van der Waals surface area contributed by atoms with Crippen LogP contribution >= 0.6 is 0 Å². The van der Waals surface area contributed by atoms with Crippen molar-refractivity contribution in [3.05, 3.63) is 59.4 Å². The van der Waals surface area contributed by atoms with E-state index in [4.69, 9.17) is 18.9 Å². The number of aromatic nitrogens is 1. The fourth-order valence-corrected chi connectivity index (χ4v) is 4.18. The van der Waals surface area contributed by atoms with E-state index in [1.165, 1.54) is 13.3 Å². The lowest BCUT2D eigenvalue weighted by atomic mass is 9.87. The molecule has 4 rings (SSSR count). The van der Waals surface area contributed by atoms with Gasteiger partial charge in [0.2, 0.25) is 5.91 Å². The molecule has 0 unspecified atom stereocenters. The first kappa shape index (κ1) is 22.1. The lowest BCUT2D eigenvalue weighted by Crippen LogP contribution is -2.26. The number of carboxylic acid groups (broad SMARTS) is 1. The Labute approximate surface area is 190 Å². The van der Waals surface area contributed by atoms with Crippen molar-refractivity contribution >= 4 is 17.6 Å². The number of fused-ring (bicyclic) bond motifs is 1. The van der Waals surface area contributed by atoms with Crippen LogP contribution < -0.4 is 24.3 Å². The highest BCUT2D eigenvalue weighted by Gasteiger charge is 2.36. The number of ether oxygens (including phenoxy) is 4. The minimum atomic E-state index is -1.16. The largest absolute Gasteiger partial charge is 0.497 e. The van der Waals surface area contributed by atoms with E-state index in [9.17, 15) is 14.7 Å². The maximum atomic E-state index is 12.7. The first-order chi connectivity index (χ1) is 15.9. The van der Waals surface area contributed by atoms with Gasteiger partial charge in [0.15, 0.2) is 0 Å². The van der Waals surface area contributed by atoms with Gasteiger partial charge in [0.25, 0.3) is 0 Å². The molecule has 1 aromatic heterocycles. The Morgan fingerprint density at radius 2 is 1.64 bits per heavy atom. The molecule has 2 heterocycles. The summed E-state index contributed by atoms with van der Waals surface area (Å²) in [4.78, 5) is 24.7. The number of aromatic carboxylic acids is 1. The van der Waals surface area contributed by atoms with Crippen LogP contribution in [0.4, 0.5) is 5.69 Å². The zero-order valence-electron chi connectivity index (χ0n) is 18.7. The molecule has 9 heteroatoms. The number of carboxylic acids is 1. The Bertz CT molecular complexity index is 1230. The second-order valence-corrected chi connectivity index (χ2v) is 7.43. The summed E-state index contributed by atoms with van der Waals surface area (Å²) >= 11 is 0. The van der Waals surface area contributed by atoms with Crippen LogP contribution in [0.25, 0.3) is 5.69 Å². The third kappa shape index (κ3) is 3.82. The number of anilines is 1. The second-order valence-electron chi connectivity index (χ2n) is 7.43. The number of amides is 1. The van der Waals surface area contributed by atoms with Gasteiger partial charge in [0.1, 0.15) is 28.6 Å². The highest BCUT2D eigenvalue weighted by atomic mass is 16.5. The van der Waals surface area contributed by atoms with Crippen LogP contribution in [0, 0.1) is 0 Å². The molecule has 0 saturated heterocycles. The van der Waals surface area contributed by atoms with Crippen LogP contribution in [0.15, 0.2) is 42.6 Å². The molecule has 33 heavy (non-hydrogen) atoms. The quantitative estimate of drug-likeness (QED) is 0.563. The van der Waals surface area contributed by atoms with Crippen molar-refractivity contribution in [2.24, 2.45) is 0 Å². The number of nitrogens with one attached hydrogen (secondary N) is 1. The van der Waals surface area contributed by atoms with Gasteiger partial charge in [-0.2, -0.15) is 0 Å². The maximum absolute atomic E-state index is 12.7. The van der Waals surface area contributed by atoms with Gasteiger partial charge in [-0.15, -0.1) is 0 Å². The highest BCUT2D eigenvalue weighted by molar-refractivity contribution is 6.04. The summed E-state index contributed by atoms with van der Waals surface area (Å²) in [5.74, 6) is 0.283. The summed E-state index contributed by atoms with van der Waals surface area (Å²) in [6.07, 6.45) is 1.58. The third-order valence-electron chi connectivity index (χ3n) is 5.72. The third-order valence-corrected chi connectivity index (χ3v) is 5.72. The van der Waals surface area contributed by atoms with E-state index in [0.29, 0.717) is 39.9 Å². The molecule has 0 saturated carbocycles. The molecule has 9 nitrogen and oxygen atoms in total. The van der Waals surface area contributed by atoms with Crippen molar-refractivity contribution in [1.82, 2.24) is 4.57 Å². The first-order valence-corrected chi connectivity index (χ1v) is 10.1. The molecule has 1 amide bonds. The van der Waals surface area contributed by atoms with Gasteiger partial charge in [0, 0.05) is 30.2 Å². The predicted molar refractivity (Wildman–Crippen MR) is 120 cm³/mol. The standard InChI is InChI=1S/C24H24N2O7/c1-30-13-6-8-19(32-3)15(9-13)16-11-21(27)25-22-17(24(28)29)12-26(23(16)22)18-7-5-14(31-2)10-20(18)33-4/h5-10,12,16H,11H2,1-4H3,(H,25,27)(H,28,29)/t16-/m1/s1. The van der Waals surface area contributed by atoms with Crippen LogP contribution in [0.5, 0.6) is 23.0 Å². The molecule has 172 valence electrons. The average Bonchev–Trinajstić information content (AvgIpc) is 3.21. The minimum Gasteiger partial charge on any atom is -0.497 e. The van der Waals surface area contributed by atoms with Crippen LogP contribution in [-0.4, -0.2) is 50.0 Å². The fourth-order valence-electron chi connectivity index (χ4n) is 4.18. The van der Waals surface area contributed by atoms with E-state index in [-0.39, 0.29) is 23.6 Å². The molecule has 1 aliphatic heterocycles. The summed E-state index contributed by atoms with van der Waals surface area (Å²) in [6, 6.07) is 10.6. The van der Waals surface area contributed by atoms with Gasteiger partial charge in [-0.05, 0) is 30.3 Å². The van der Waals surface area contributed by atoms with Gasteiger partial charge >= 0.3 is 5.97 Å². The molecule has 1 atom stereocenters. The molecule has 0 radical (unpaired) electrons. The van der Waals surface area contributed by atoms with Gasteiger partial charge < -0.3 is 33.9 Å². The second kappa shape index (κ2) is 8.78. The van der Waals surface area contributed by atoms with Crippen LogP contribution in [0.1, 0.15) is 34.0 Å². The average molecular weight is 452 g/mol. The first-order valence-electron chi connectivity index (χ1n) is 10.1. The summed E-state index contributed by atoms with van der Waals surface area (Å²) in [6.45, 7) is 0. The molecular formula is C24H24N2O7. The van der Waals surface area contributed by atoms with Crippen molar-refractivity contribution in [3.63, 3.8) is 0 Å². The fraction of sp³-hybridized carbons (Fsp3) is 0.250. The number of hydrogen-bond donors (Lipinski definition) is 2. The molecular weight excluding hydrogens is 428 g/mol. The molecule has 2 N–H and O–H groups in total. The Morgan fingerprint density at radius 3 is 2.27 bits per heavy atom. The van der Waals surface area contributed by atoms with Crippen molar-refractivity contribution < 1.29 is 33.6 Å². The van der Waals surface area contributed by atoms with Crippen molar-refractivity contribution in [1.29, 1.82) is 0 Å². The van der Waals surface area contributed by atoms with E-state index < -0.39 is 11.9 Å². The zero-order valence-corrected chi connectivity index (χ0v) is 18.7. The highest BCUT2D eigenvalue weighted by Crippen LogP contribution is 2.46. The lowest BCUT2D eigenvalue weighted by molar-refractivity contribution is -0.116. The predicted octanol–water partition coefficient (Wildman–Crippen LogP) is 3.68. The number of hydrogen-bond acceptors (Lipinski definition) is 6. The maximum Gasteiger partial charge on any atom is 0.339 e. The number of methoxy groups -OCH3 is 4. The molecule has 3 aromatic rings. The lowest BCUT2D eigenvalue weighted by Gasteiger charge is -2.28.